The first-order valence-electron chi connectivity index (χ1n) is 9.72. The monoisotopic (exact) mass is 525 g/mol. The molecule has 0 bridgehead atoms. The lowest BCUT2D eigenvalue weighted by Gasteiger charge is -2.14. The average molecular weight is 525 g/mol. The van der Waals surface area contributed by atoms with Gasteiger partial charge in [-0.3, -0.25) is 4.79 Å². The zero-order valence-corrected chi connectivity index (χ0v) is 19.6. The molecule has 1 aliphatic heterocycles. The Labute approximate surface area is 194 Å². The summed E-state index contributed by atoms with van der Waals surface area (Å²) in [4.78, 5) is 16.1. The summed E-state index contributed by atoms with van der Waals surface area (Å²) in [5.41, 5.74) is 3.14. The van der Waals surface area contributed by atoms with Crippen LogP contribution in [0.5, 0.6) is 11.5 Å². The molecule has 1 aliphatic rings. The number of methoxy groups -OCH3 is 1. The molecule has 3 rings (SSSR count). The van der Waals surface area contributed by atoms with E-state index in [1.54, 1.807) is 0 Å². The standard InChI is InChI=1S/C22H27N3O4.HI/c1-16-6-3-4-7-17(16)15-24-22(23-11-10-21(26)27-2)25-18-8-9-19-20(14-18)29-13-5-12-28-19;/h3-4,6-9,14H,5,10-13,15H2,1-2H3,(H2,23,24,25);1H. The summed E-state index contributed by atoms with van der Waals surface area (Å²) in [7, 11) is 1.38. The van der Waals surface area contributed by atoms with Crippen LogP contribution in [0.15, 0.2) is 47.5 Å². The Hall–Kier alpha value is -2.49. The van der Waals surface area contributed by atoms with Crippen LogP contribution in [-0.2, 0) is 16.1 Å². The Morgan fingerprint density at radius 1 is 1.13 bits per heavy atom. The number of rotatable bonds is 6. The van der Waals surface area contributed by atoms with Crippen LogP contribution in [0.25, 0.3) is 0 Å². The van der Waals surface area contributed by atoms with Gasteiger partial charge >= 0.3 is 5.97 Å². The number of hydrogen-bond acceptors (Lipinski definition) is 5. The number of carbonyl (C=O) groups is 1. The minimum atomic E-state index is -0.272. The van der Waals surface area contributed by atoms with E-state index in [1.807, 2.05) is 30.3 Å². The zero-order valence-electron chi connectivity index (χ0n) is 17.3. The molecule has 2 aromatic carbocycles. The normalized spacial score (nSPS) is 12.9. The second kappa shape index (κ2) is 12.3. The lowest BCUT2D eigenvalue weighted by molar-refractivity contribution is -0.140. The van der Waals surface area contributed by atoms with E-state index in [0.29, 0.717) is 38.0 Å². The topological polar surface area (TPSA) is 81.2 Å². The van der Waals surface area contributed by atoms with Gasteiger partial charge in [-0.1, -0.05) is 24.3 Å². The van der Waals surface area contributed by atoms with Crippen molar-refractivity contribution in [2.24, 2.45) is 4.99 Å². The van der Waals surface area contributed by atoms with E-state index in [1.165, 1.54) is 12.7 Å². The number of anilines is 1. The summed E-state index contributed by atoms with van der Waals surface area (Å²) < 4.78 is 16.1. The number of esters is 1. The van der Waals surface area contributed by atoms with Crippen molar-refractivity contribution in [3.05, 3.63) is 53.6 Å². The van der Waals surface area contributed by atoms with Crippen molar-refractivity contribution in [2.75, 3.05) is 32.2 Å². The Balaban J connectivity index is 0.00000320. The van der Waals surface area contributed by atoms with Gasteiger partial charge in [0, 0.05) is 24.7 Å². The number of guanidine groups is 1. The predicted octanol–water partition coefficient (Wildman–Crippen LogP) is 3.90. The number of aryl methyl sites for hydroxylation is 1. The number of fused-ring (bicyclic) bond motifs is 1. The fourth-order valence-electron chi connectivity index (χ4n) is 2.85. The number of aliphatic imine (C=N–C) groups is 1. The molecule has 0 amide bonds. The highest BCUT2D eigenvalue weighted by atomic mass is 127. The van der Waals surface area contributed by atoms with Crippen molar-refractivity contribution in [3.8, 4) is 11.5 Å². The van der Waals surface area contributed by atoms with E-state index in [4.69, 9.17) is 14.2 Å². The summed E-state index contributed by atoms with van der Waals surface area (Å²) in [5.74, 6) is 1.75. The lowest BCUT2D eigenvalue weighted by Crippen LogP contribution is -2.32. The van der Waals surface area contributed by atoms with E-state index < -0.39 is 0 Å². The first-order chi connectivity index (χ1) is 14.2. The summed E-state index contributed by atoms with van der Waals surface area (Å²) in [6.45, 7) is 4.27. The van der Waals surface area contributed by atoms with Crippen molar-refractivity contribution >= 4 is 41.6 Å². The Morgan fingerprint density at radius 2 is 1.90 bits per heavy atom. The van der Waals surface area contributed by atoms with E-state index in [9.17, 15) is 4.79 Å². The number of halogens is 1. The lowest BCUT2D eigenvalue weighted by atomic mass is 10.1. The van der Waals surface area contributed by atoms with Gasteiger partial charge in [0.15, 0.2) is 17.5 Å². The largest absolute Gasteiger partial charge is 0.490 e. The van der Waals surface area contributed by atoms with Gasteiger partial charge in [0.25, 0.3) is 0 Å². The zero-order chi connectivity index (χ0) is 20.5. The molecular formula is C22H28IN3O4. The number of nitrogens with zero attached hydrogens (tertiary/aromatic N) is 1. The van der Waals surface area contributed by atoms with Crippen molar-refractivity contribution < 1.29 is 19.0 Å². The molecule has 7 nitrogen and oxygen atoms in total. The van der Waals surface area contributed by atoms with Gasteiger partial charge in [-0.2, -0.15) is 0 Å². The van der Waals surface area contributed by atoms with Crippen molar-refractivity contribution in [1.82, 2.24) is 5.32 Å². The van der Waals surface area contributed by atoms with Crippen LogP contribution < -0.4 is 20.1 Å². The van der Waals surface area contributed by atoms with Gasteiger partial charge in [-0.05, 0) is 30.2 Å². The number of ether oxygens (including phenoxy) is 3. The van der Waals surface area contributed by atoms with Crippen LogP contribution in [0.1, 0.15) is 24.0 Å². The Morgan fingerprint density at radius 3 is 2.67 bits per heavy atom. The molecule has 0 unspecified atom stereocenters. The predicted molar refractivity (Wildman–Crippen MR) is 128 cm³/mol. The number of benzene rings is 2. The van der Waals surface area contributed by atoms with Gasteiger partial charge in [0.1, 0.15) is 0 Å². The molecule has 2 aromatic rings. The van der Waals surface area contributed by atoms with Gasteiger partial charge < -0.3 is 24.8 Å². The van der Waals surface area contributed by atoms with Crippen molar-refractivity contribution in [3.63, 3.8) is 0 Å². The average Bonchev–Trinajstić information content (AvgIpc) is 2.97. The van der Waals surface area contributed by atoms with Crippen LogP contribution in [0.3, 0.4) is 0 Å². The van der Waals surface area contributed by atoms with Crippen LogP contribution in [0.2, 0.25) is 0 Å². The molecule has 0 aromatic heterocycles. The van der Waals surface area contributed by atoms with Crippen LogP contribution >= 0.6 is 24.0 Å². The van der Waals surface area contributed by atoms with E-state index in [2.05, 4.69) is 34.7 Å². The molecule has 2 N–H and O–H groups in total. The Kier molecular flexibility index (Phi) is 9.72. The summed E-state index contributed by atoms with van der Waals surface area (Å²) in [5, 5.41) is 6.46. The minimum Gasteiger partial charge on any atom is -0.490 e. The quantitative estimate of drug-likeness (QED) is 0.258. The molecule has 30 heavy (non-hydrogen) atoms. The minimum absolute atomic E-state index is 0. The highest BCUT2D eigenvalue weighted by Gasteiger charge is 2.12. The summed E-state index contributed by atoms with van der Waals surface area (Å²) in [6.07, 6.45) is 1.11. The molecule has 0 aliphatic carbocycles. The summed E-state index contributed by atoms with van der Waals surface area (Å²) >= 11 is 0. The van der Waals surface area contributed by atoms with Gasteiger partial charge in [-0.25, -0.2) is 4.99 Å². The van der Waals surface area contributed by atoms with Gasteiger partial charge in [0.2, 0.25) is 0 Å². The first-order valence-corrected chi connectivity index (χ1v) is 9.72. The van der Waals surface area contributed by atoms with E-state index >= 15 is 0 Å². The third kappa shape index (κ3) is 7.08. The Bertz CT molecular complexity index is 873. The number of hydrogen-bond donors (Lipinski definition) is 2. The molecule has 0 spiro atoms. The van der Waals surface area contributed by atoms with Crippen molar-refractivity contribution in [1.29, 1.82) is 0 Å². The maximum Gasteiger partial charge on any atom is 0.307 e. The molecule has 1 heterocycles. The number of nitrogens with one attached hydrogen (secondary N) is 2. The molecular weight excluding hydrogens is 497 g/mol. The fraction of sp³-hybridized carbons (Fsp3) is 0.364. The second-order valence-electron chi connectivity index (χ2n) is 6.68. The third-order valence-electron chi connectivity index (χ3n) is 4.53. The number of carbonyl (C=O) groups excluding carboxylic acids is 1. The first kappa shape index (κ1) is 23.8. The van der Waals surface area contributed by atoms with E-state index in [0.717, 1.165) is 23.4 Å². The molecule has 8 heteroatoms. The van der Waals surface area contributed by atoms with Crippen molar-refractivity contribution in [2.45, 2.75) is 26.3 Å². The molecule has 0 radical (unpaired) electrons. The maximum absolute atomic E-state index is 11.4. The molecule has 0 saturated heterocycles. The van der Waals surface area contributed by atoms with Gasteiger partial charge in [-0.15, -0.1) is 24.0 Å². The molecule has 0 fully saturated rings. The SMILES string of the molecule is COC(=O)CCNC(=NCc1ccccc1C)Nc1ccc2c(c1)OCCCO2.I. The molecule has 162 valence electrons. The third-order valence-corrected chi connectivity index (χ3v) is 4.53. The molecule has 0 saturated carbocycles. The van der Waals surface area contributed by atoms with Crippen LogP contribution in [-0.4, -0.2) is 38.8 Å². The van der Waals surface area contributed by atoms with Crippen LogP contribution in [0, 0.1) is 6.92 Å². The van der Waals surface area contributed by atoms with E-state index in [-0.39, 0.29) is 36.4 Å². The smallest absolute Gasteiger partial charge is 0.307 e. The highest BCUT2D eigenvalue weighted by Crippen LogP contribution is 2.32. The van der Waals surface area contributed by atoms with Crippen LogP contribution in [0.4, 0.5) is 5.69 Å². The van der Waals surface area contributed by atoms with Gasteiger partial charge in [0.05, 0.1) is 33.3 Å². The highest BCUT2D eigenvalue weighted by molar-refractivity contribution is 14.0. The second-order valence-corrected chi connectivity index (χ2v) is 6.68. The molecule has 0 atom stereocenters. The fourth-order valence-corrected chi connectivity index (χ4v) is 2.85. The summed E-state index contributed by atoms with van der Waals surface area (Å²) in [6, 6.07) is 13.8. The maximum atomic E-state index is 11.4.